The van der Waals surface area contributed by atoms with Crippen LogP contribution in [0, 0.1) is 0 Å². The van der Waals surface area contributed by atoms with Gasteiger partial charge in [-0.3, -0.25) is 4.79 Å². The lowest BCUT2D eigenvalue weighted by atomic mass is 9.99. The van der Waals surface area contributed by atoms with Crippen molar-refractivity contribution in [2.45, 2.75) is 230 Å². The highest BCUT2D eigenvalue weighted by molar-refractivity contribution is 5.76. The molecule has 1 rings (SSSR count). The first-order valence-corrected chi connectivity index (χ1v) is 20.3. The molecule has 1 saturated heterocycles. The fourth-order valence-electron chi connectivity index (χ4n) is 6.67. The maximum absolute atomic E-state index is 12.8. The minimum Gasteiger partial charge on any atom is -0.394 e. The van der Waals surface area contributed by atoms with Crippen molar-refractivity contribution in [3.05, 3.63) is 0 Å². The van der Waals surface area contributed by atoms with E-state index < -0.39 is 55.6 Å². The predicted octanol–water partition coefficient (Wildman–Crippen LogP) is 6.19. The molecule has 1 aliphatic heterocycles. The van der Waals surface area contributed by atoms with Gasteiger partial charge in [-0.25, -0.2) is 0 Å². The summed E-state index contributed by atoms with van der Waals surface area (Å²) in [5, 5.41) is 64.1. The third kappa shape index (κ3) is 22.0. The summed E-state index contributed by atoms with van der Waals surface area (Å²) in [6.07, 6.45) is 20.8. The summed E-state index contributed by atoms with van der Waals surface area (Å²) in [4.78, 5) is 12.8. The lowest BCUT2D eigenvalue weighted by molar-refractivity contribution is -0.303. The van der Waals surface area contributed by atoms with Gasteiger partial charge in [0.05, 0.1) is 25.4 Å². The van der Waals surface area contributed by atoms with Gasteiger partial charge in [-0.2, -0.15) is 0 Å². The molecule has 0 spiro atoms. The molecule has 0 bridgehead atoms. The molecule has 0 saturated carbocycles. The lowest BCUT2D eigenvalue weighted by Crippen LogP contribution is -2.60. The van der Waals surface area contributed by atoms with Crippen molar-refractivity contribution in [1.29, 1.82) is 0 Å². The molecule has 0 radical (unpaired) electrons. The largest absolute Gasteiger partial charge is 0.394 e. The summed E-state index contributed by atoms with van der Waals surface area (Å²) in [6.45, 7) is 3.42. The number of ether oxygens (including phenoxy) is 2. The van der Waals surface area contributed by atoms with E-state index in [-0.39, 0.29) is 18.9 Å². The van der Waals surface area contributed by atoms with Crippen LogP contribution in [0.2, 0.25) is 0 Å². The molecular formula is C39H77NO9. The summed E-state index contributed by atoms with van der Waals surface area (Å²) in [5.74, 6) is -0.264. The van der Waals surface area contributed by atoms with Gasteiger partial charge in [0.25, 0.3) is 0 Å². The minimum absolute atomic E-state index is 0.264. The van der Waals surface area contributed by atoms with Crippen LogP contribution < -0.4 is 5.32 Å². The molecule has 7 N–H and O–H groups in total. The van der Waals surface area contributed by atoms with Gasteiger partial charge < -0.3 is 45.4 Å². The molecule has 0 aromatic heterocycles. The molecule has 8 atom stereocenters. The number of carbonyl (C=O) groups excluding carboxylic acids is 1. The zero-order chi connectivity index (χ0) is 36.1. The van der Waals surface area contributed by atoms with E-state index in [1.54, 1.807) is 0 Å². The van der Waals surface area contributed by atoms with Crippen molar-refractivity contribution in [3.63, 3.8) is 0 Å². The highest BCUT2D eigenvalue weighted by atomic mass is 16.7. The van der Waals surface area contributed by atoms with E-state index in [1.165, 1.54) is 116 Å². The molecule has 1 fully saturated rings. The van der Waals surface area contributed by atoms with Crippen LogP contribution >= 0.6 is 0 Å². The Hall–Kier alpha value is -0.850. The zero-order valence-electron chi connectivity index (χ0n) is 31.3. The highest BCUT2D eigenvalue weighted by Gasteiger charge is 2.44. The summed E-state index contributed by atoms with van der Waals surface area (Å²) in [7, 11) is 0. The first kappa shape index (κ1) is 46.2. The van der Waals surface area contributed by atoms with Crippen molar-refractivity contribution in [1.82, 2.24) is 5.32 Å². The SMILES string of the molecule is CCCCCCCCCCCCCCCCCCCCCCCC(=O)N[C@@H](COC1OC(CO)C(O)C(O)C1O)C(O)[C@H](O)CCCCC. The van der Waals surface area contributed by atoms with Crippen LogP contribution in [0.1, 0.15) is 181 Å². The first-order valence-electron chi connectivity index (χ1n) is 20.3. The Bertz CT molecular complexity index is 758. The van der Waals surface area contributed by atoms with E-state index in [0.29, 0.717) is 6.42 Å². The smallest absolute Gasteiger partial charge is 0.220 e. The standard InChI is InChI=1S/C39H77NO9/c1-3-5-7-8-9-10-11-12-13-14-15-16-17-18-19-20-21-22-23-24-26-28-34(43)40-31(35(44)32(42)27-25-6-4-2)30-48-39-38(47)37(46)36(45)33(29-41)49-39/h31-33,35-39,41-42,44-47H,3-30H2,1-2H3,(H,40,43)/t31-,32+,33?,35?,36?,37?,38?,39?/m0/s1. The molecule has 1 aliphatic rings. The molecule has 10 nitrogen and oxygen atoms in total. The number of hydrogen-bond acceptors (Lipinski definition) is 9. The minimum atomic E-state index is -1.60. The second kappa shape index (κ2) is 30.7. The number of amides is 1. The quantitative estimate of drug-likeness (QED) is 0.0394. The van der Waals surface area contributed by atoms with Crippen molar-refractivity contribution in [2.24, 2.45) is 0 Å². The molecule has 6 unspecified atom stereocenters. The van der Waals surface area contributed by atoms with Crippen LogP contribution in [0.4, 0.5) is 0 Å². The summed E-state index contributed by atoms with van der Waals surface area (Å²) in [5.41, 5.74) is 0. The molecule has 0 aromatic carbocycles. The Morgan fingerprint density at radius 1 is 0.633 bits per heavy atom. The number of rotatable bonds is 33. The van der Waals surface area contributed by atoms with Crippen molar-refractivity contribution in [3.8, 4) is 0 Å². The van der Waals surface area contributed by atoms with Gasteiger partial charge >= 0.3 is 0 Å². The second-order valence-electron chi connectivity index (χ2n) is 14.6. The van der Waals surface area contributed by atoms with Crippen LogP contribution in [0.15, 0.2) is 0 Å². The van der Waals surface area contributed by atoms with Crippen LogP contribution in [0.5, 0.6) is 0 Å². The van der Waals surface area contributed by atoms with Crippen molar-refractivity contribution >= 4 is 5.91 Å². The highest BCUT2D eigenvalue weighted by Crippen LogP contribution is 2.23. The molecule has 10 heteroatoms. The number of nitrogens with one attached hydrogen (secondary N) is 1. The normalized spacial score (nSPS) is 23.0. The van der Waals surface area contributed by atoms with E-state index in [4.69, 9.17) is 9.47 Å². The van der Waals surface area contributed by atoms with Crippen molar-refractivity contribution in [2.75, 3.05) is 13.2 Å². The van der Waals surface area contributed by atoms with Gasteiger partial charge in [-0.05, 0) is 12.8 Å². The molecule has 292 valence electrons. The Kier molecular flexibility index (Phi) is 29.0. The first-order chi connectivity index (χ1) is 23.8. The molecular weight excluding hydrogens is 626 g/mol. The third-order valence-electron chi connectivity index (χ3n) is 10.1. The van der Waals surface area contributed by atoms with Crippen molar-refractivity contribution < 1.29 is 44.9 Å². The monoisotopic (exact) mass is 704 g/mol. The Labute approximate surface area is 298 Å². The van der Waals surface area contributed by atoms with E-state index in [9.17, 15) is 35.4 Å². The zero-order valence-corrected chi connectivity index (χ0v) is 31.3. The molecule has 0 aliphatic carbocycles. The molecule has 0 aromatic rings. The second-order valence-corrected chi connectivity index (χ2v) is 14.6. The number of hydrogen-bond donors (Lipinski definition) is 7. The van der Waals surface area contributed by atoms with Gasteiger partial charge in [0.15, 0.2) is 6.29 Å². The number of aliphatic hydroxyl groups excluding tert-OH is 6. The Morgan fingerprint density at radius 2 is 1.06 bits per heavy atom. The maximum atomic E-state index is 12.8. The average molecular weight is 704 g/mol. The molecule has 1 heterocycles. The van der Waals surface area contributed by atoms with Crippen LogP contribution in [0.3, 0.4) is 0 Å². The van der Waals surface area contributed by atoms with Gasteiger partial charge in [-0.15, -0.1) is 0 Å². The van der Waals surface area contributed by atoms with Crippen LogP contribution in [-0.4, -0.2) is 98.7 Å². The van der Waals surface area contributed by atoms with Gasteiger partial charge in [-0.1, -0.05) is 162 Å². The van der Waals surface area contributed by atoms with Gasteiger partial charge in [0, 0.05) is 6.42 Å². The van der Waals surface area contributed by atoms with Gasteiger partial charge in [0.1, 0.15) is 30.5 Å². The number of carbonyl (C=O) groups is 1. The number of unbranched alkanes of at least 4 members (excludes halogenated alkanes) is 22. The van der Waals surface area contributed by atoms with E-state index >= 15 is 0 Å². The van der Waals surface area contributed by atoms with Crippen LogP contribution in [0.25, 0.3) is 0 Å². The van der Waals surface area contributed by atoms with E-state index in [0.717, 1.165) is 38.5 Å². The lowest BCUT2D eigenvalue weighted by Gasteiger charge is -2.40. The fraction of sp³-hybridized carbons (Fsp3) is 0.974. The summed E-state index contributed by atoms with van der Waals surface area (Å²) in [6, 6.07) is -0.980. The Balaban J connectivity index is 2.21. The third-order valence-corrected chi connectivity index (χ3v) is 10.1. The Morgan fingerprint density at radius 3 is 1.51 bits per heavy atom. The maximum Gasteiger partial charge on any atom is 0.220 e. The van der Waals surface area contributed by atoms with E-state index in [1.807, 2.05) is 6.92 Å². The molecule has 49 heavy (non-hydrogen) atoms. The van der Waals surface area contributed by atoms with E-state index in [2.05, 4.69) is 12.2 Å². The summed E-state index contributed by atoms with van der Waals surface area (Å²) < 4.78 is 11.0. The van der Waals surface area contributed by atoms with Gasteiger partial charge in [0.2, 0.25) is 5.91 Å². The predicted molar refractivity (Wildman–Crippen MR) is 195 cm³/mol. The fourth-order valence-corrected chi connectivity index (χ4v) is 6.67. The van der Waals surface area contributed by atoms with Crippen LogP contribution in [-0.2, 0) is 14.3 Å². The topological polar surface area (TPSA) is 169 Å². The number of aliphatic hydroxyl groups is 6. The average Bonchev–Trinajstić information content (AvgIpc) is 3.10. The summed E-state index contributed by atoms with van der Waals surface area (Å²) >= 11 is 0. The molecule has 1 amide bonds.